The number of thiazole rings is 1. The molecule has 176 valence electrons. The van der Waals surface area contributed by atoms with Crippen LogP contribution in [0.1, 0.15) is 57.7 Å². The van der Waals surface area contributed by atoms with Crippen molar-refractivity contribution < 1.29 is 19.1 Å². The van der Waals surface area contributed by atoms with E-state index in [2.05, 4.69) is 31.1 Å². The third-order valence-electron chi connectivity index (χ3n) is 6.83. The Morgan fingerprint density at radius 2 is 1.88 bits per heavy atom. The molecule has 4 rings (SSSR count). The summed E-state index contributed by atoms with van der Waals surface area (Å²) in [6, 6.07) is 7.55. The van der Waals surface area contributed by atoms with Crippen LogP contribution in [0.4, 0.5) is 4.79 Å². The number of ether oxygens (including phenoxy) is 1. The van der Waals surface area contributed by atoms with Crippen LogP contribution in [0.5, 0.6) is 0 Å². The summed E-state index contributed by atoms with van der Waals surface area (Å²) in [5.41, 5.74) is 2.11. The van der Waals surface area contributed by atoms with E-state index in [4.69, 9.17) is 4.74 Å². The number of nitrogens with one attached hydrogen (secondary N) is 1. The molecule has 1 aromatic heterocycles. The van der Waals surface area contributed by atoms with Crippen molar-refractivity contribution in [2.75, 3.05) is 6.54 Å². The Labute approximate surface area is 198 Å². The number of hydrogen-bond donors (Lipinski definition) is 1. The summed E-state index contributed by atoms with van der Waals surface area (Å²) in [6.07, 6.45) is 2.96. The van der Waals surface area contributed by atoms with Crippen LogP contribution in [-0.2, 0) is 20.9 Å². The number of carbonyl (C=O) groups excluding carboxylic acids is 3. The third kappa shape index (κ3) is 4.95. The number of hydrogen-bond acceptors (Lipinski definition) is 6. The van der Waals surface area contributed by atoms with E-state index in [1.54, 1.807) is 0 Å². The Balaban J connectivity index is 1.31. The molecule has 1 spiro atoms. The lowest BCUT2D eigenvalue weighted by atomic mass is 9.67. The molecule has 1 aliphatic heterocycles. The highest BCUT2D eigenvalue weighted by Crippen LogP contribution is 2.43. The monoisotopic (exact) mass is 469 g/mol. The molecule has 0 bridgehead atoms. The van der Waals surface area contributed by atoms with Crippen LogP contribution in [-0.4, -0.2) is 39.9 Å². The van der Waals surface area contributed by atoms with Crippen molar-refractivity contribution in [3.8, 4) is 10.6 Å². The normalized spacial score (nSPS) is 23.2. The van der Waals surface area contributed by atoms with E-state index in [1.807, 2.05) is 36.6 Å². The van der Waals surface area contributed by atoms with Crippen molar-refractivity contribution in [3.05, 3.63) is 40.9 Å². The number of imide groups is 1. The van der Waals surface area contributed by atoms with Crippen LogP contribution in [0.2, 0.25) is 0 Å². The molecule has 2 aromatic rings. The minimum Gasteiger partial charge on any atom is -0.458 e. The SMILES string of the molecule is Cc1ccc(-c2nc(COC(=O)CN3C(=O)NC4(CCC(C(C)(C)C)CC4)C3=O)cs2)cc1. The Morgan fingerprint density at radius 1 is 1.21 bits per heavy atom. The molecule has 1 saturated carbocycles. The number of rotatable bonds is 5. The van der Waals surface area contributed by atoms with E-state index in [-0.39, 0.29) is 24.5 Å². The number of urea groups is 1. The second-order valence-corrected chi connectivity index (χ2v) is 11.1. The van der Waals surface area contributed by atoms with Gasteiger partial charge in [-0.2, -0.15) is 0 Å². The number of nitrogens with zero attached hydrogens (tertiary/aromatic N) is 2. The molecule has 3 amide bonds. The van der Waals surface area contributed by atoms with Crippen LogP contribution in [0.3, 0.4) is 0 Å². The van der Waals surface area contributed by atoms with Gasteiger partial charge in [0.25, 0.3) is 5.91 Å². The minimum atomic E-state index is -0.878. The van der Waals surface area contributed by atoms with Gasteiger partial charge in [-0.3, -0.25) is 14.5 Å². The molecule has 2 fully saturated rings. The maximum Gasteiger partial charge on any atom is 0.326 e. The zero-order valence-electron chi connectivity index (χ0n) is 19.6. The Morgan fingerprint density at radius 3 is 2.52 bits per heavy atom. The smallest absolute Gasteiger partial charge is 0.326 e. The van der Waals surface area contributed by atoms with Gasteiger partial charge in [-0.05, 0) is 43.9 Å². The molecular weight excluding hydrogens is 438 g/mol. The molecule has 0 radical (unpaired) electrons. The van der Waals surface area contributed by atoms with Gasteiger partial charge in [-0.15, -0.1) is 11.3 Å². The second-order valence-electron chi connectivity index (χ2n) is 10.2. The first-order valence-electron chi connectivity index (χ1n) is 11.4. The standard InChI is InChI=1S/C25H31N3O4S/c1-16-5-7-17(8-6-16)21-26-19(15-33-21)14-32-20(29)13-28-22(30)25(27-23(28)31)11-9-18(10-12-25)24(2,3)4/h5-8,15,18H,9-14H2,1-4H3,(H,27,31). The number of amides is 3. The highest BCUT2D eigenvalue weighted by Gasteiger charge is 2.53. The predicted octanol–water partition coefficient (Wildman–Crippen LogP) is 4.69. The van der Waals surface area contributed by atoms with Gasteiger partial charge in [-0.1, -0.05) is 50.6 Å². The molecule has 0 atom stereocenters. The van der Waals surface area contributed by atoms with E-state index >= 15 is 0 Å². The van der Waals surface area contributed by atoms with Crippen molar-refractivity contribution in [1.29, 1.82) is 0 Å². The maximum absolute atomic E-state index is 13.1. The molecular formula is C25H31N3O4S. The van der Waals surface area contributed by atoms with Crippen LogP contribution < -0.4 is 5.32 Å². The van der Waals surface area contributed by atoms with Gasteiger partial charge in [0.2, 0.25) is 0 Å². The van der Waals surface area contributed by atoms with Crippen LogP contribution >= 0.6 is 11.3 Å². The quantitative estimate of drug-likeness (QED) is 0.507. The first-order chi connectivity index (χ1) is 15.6. The summed E-state index contributed by atoms with van der Waals surface area (Å²) >= 11 is 1.48. The summed E-state index contributed by atoms with van der Waals surface area (Å²) in [6.45, 7) is 8.27. The van der Waals surface area contributed by atoms with Gasteiger partial charge < -0.3 is 10.1 Å². The first-order valence-corrected chi connectivity index (χ1v) is 12.3. The zero-order chi connectivity index (χ0) is 23.8. The average molecular weight is 470 g/mol. The second kappa shape index (κ2) is 8.89. The van der Waals surface area contributed by atoms with Gasteiger partial charge in [0.15, 0.2) is 0 Å². The molecule has 7 nitrogen and oxygen atoms in total. The number of aryl methyl sites for hydroxylation is 1. The summed E-state index contributed by atoms with van der Waals surface area (Å²) in [5.74, 6) is -0.425. The average Bonchev–Trinajstić information content (AvgIpc) is 3.32. The first kappa shape index (κ1) is 23.4. The number of aromatic nitrogens is 1. The highest BCUT2D eigenvalue weighted by molar-refractivity contribution is 7.13. The van der Waals surface area contributed by atoms with Gasteiger partial charge in [-0.25, -0.2) is 9.78 Å². The summed E-state index contributed by atoms with van der Waals surface area (Å²) < 4.78 is 5.32. The number of benzene rings is 1. The Kier molecular flexibility index (Phi) is 6.31. The highest BCUT2D eigenvalue weighted by atomic mass is 32.1. The van der Waals surface area contributed by atoms with Crippen molar-refractivity contribution in [1.82, 2.24) is 15.2 Å². The predicted molar refractivity (Wildman–Crippen MR) is 126 cm³/mol. The van der Waals surface area contributed by atoms with Crippen LogP contribution in [0, 0.1) is 18.3 Å². The Bertz CT molecular complexity index is 1050. The summed E-state index contributed by atoms with van der Waals surface area (Å²) in [4.78, 5) is 43.5. The fourth-order valence-corrected chi connectivity index (χ4v) is 5.48. The van der Waals surface area contributed by atoms with E-state index in [0.717, 1.165) is 28.3 Å². The molecule has 8 heteroatoms. The van der Waals surface area contributed by atoms with E-state index in [0.29, 0.717) is 24.5 Å². The molecule has 1 saturated heterocycles. The lowest BCUT2D eigenvalue weighted by Crippen LogP contribution is -2.50. The maximum atomic E-state index is 13.1. The minimum absolute atomic E-state index is 0.00322. The van der Waals surface area contributed by atoms with Gasteiger partial charge in [0, 0.05) is 10.9 Å². The van der Waals surface area contributed by atoms with Gasteiger partial charge in [0.1, 0.15) is 23.7 Å². The third-order valence-corrected chi connectivity index (χ3v) is 7.77. The summed E-state index contributed by atoms with van der Waals surface area (Å²) in [5, 5.41) is 5.56. The van der Waals surface area contributed by atoms with Gasteiger partial charge >= 0.3 is 12.0 Å². The molecule has 33 heavy (non-hydrogen) atoms. The summed E-state index contributed by atoms with van der Waals surface area (Å²) in [7, 11) is 0. The molecule has 1 N–H and O–H groups in total. The van der Waals surface area contributed by atoms with Crippen molar-refractivity contribution in [3.63, 3.8) is 0 Å². The number of esters is 1. The molecule has 0 unspecified atom stereocenters. The lowest BCUT2D eigenvalue weighted by molar-refractivity contribution is -0.149. The van der Waals surface area contributed by atoms with Crippen LogP contribution in [0.25, 0.3) is 10.6 Å². The van der Waals surface area contributed by atoms with Crippen molar-refractivity contribution >= 4 is 29.2 Å². The van der Waals surface area contributed by atoms with Crippen LogP contribution in [0.15, 0.2) is 29.6 Å². The molecule has 2 aliphatic rings. The Hall–Kier alpha value is -2.74. The van der Waals surface area contributed by atoms with Crippen molar-refractivity contribution in [2.45, 2.75) is 65.5 Å². The molecule has 1 aromatic carbocycles. The molecule has 2 heterocycles. The lowest BCUT2D eigenvalue weighted by Gasteiger charge is -2.40. The fraction of sp³-hybridized carbons (Fsp3) is 0.520. The molecule has 1 aliphatic carbocycles. The van der Waals surface area contributed by atoms with E-state index in [1.165, 1.54) is 16.9 Å². The largest absolute Gasteiger partial charge is 0.458 e. The fourth-order valence-electron chi connectivity index (χ4n) is 4.67. The van der Waals surface area contributed by atoms with E-state index in [9.17, 15) is 14.4 Å². The van der Waals surface area contributed by atoms with Gasteiger partial charge in [0.05, 0.1) is 5.69 Å². The zero-order valence-corrected chi connectivity index (χ0v) is 20.5. The van der Waals surface area contributed by atoms with Crippen molar-refractivity contribution in [2.24, 2.45) is 11.3 Å². The topological polar surface area (TPSA) is 88.6 Å². The van der Waals surface area contributed by atoms with E-state index < -0.39 is 17.5 Å². The number of carbonyl (C=O) groups is 3.